The number of carbonyl (C=O) groups is 3. The van der Waals surface area contributed by atoms with Crippen molar-refractivity contribution in [2.24, 2.45) is 0 Å². The number of rotatable bonds is 8. The van der Waals surface area contributed by atoms with Crippen molar-refractivity contribution in [1.29, 1.82) is 5.41 Å². The molecule has 0 unspecified atom stereocenters. The molecule has 38 heavy (non-hydrogen) atoms. The van der Waals surface area contributed by atoms with Gasteiger partial charge in [-0.15, -0.1) is 0 Å². The number of aldehydes is 1. The number of nitrogens with zero attached hydrogens (tertiary/aromatic N) is 3. The van der Waals surface area contributed by atoms with Crippen LogP contribution in [0.1, 0.15) is 11.1 Å². The molecule has 0 aliphatic carbocycles. The number of piperazine rings is 1. The number of benzene rings is 2. The number of likely N-dealkylation sites (N-methyl/N-ethyl adjacent to an activating group) is 1. The maximum absolute atomic E-state index is 13.4. The molecular weight excluding hydrogens is 534 g/mol. The van der Waals surface area contributed by atoms with Gasteiger partial charge in [0.25, 0.3) is 10.0 Å². The maximum Gasteiger partial charge on any atom is 0.329 e. The predicted octanol–water partition coefficient (Wildman–Crippen LogP) is 1.85. The monoisotopic (exact) mass is 559 g/mol. The summed E-state index contributed by atoms with van der Waals surface area (Å²) in [6.07, 6.45) is 0.703. The number of aromatic amines is 1. The zero-order valence-electron chi connectivity index (χ0n) is 20.7. The fourth-order valence-corrected chi connectivity index (χ4v) is 5.83. The zero-order valence-corrected chi connectivity index (χ0v) is 22.3. The van der Waals surface area contributed by atoms with Crippen LogP contribution in [0.25, 0.3) is 10.9 Å². The Hall–Kier alpha value is -3.74. The van der Waals surface area contributed by atoms with Gasteiger partial charge in [0, 0.05) is 41.6 Å². The largest absolute Gasteiger partial charge is 0.467 e. The van der Waals surface area contributed by atoms with Crippen LogP contribution in [-0.4, -0.2) is 91.3 Å². The molecule has 1 aliphatic heterocycles. The molecule has 0 bridgehead atoms. The predicted molar refractivity (Wildman–Crippen MR) is 140 cm³/mol. The molecule has 0 radical (unpaired) electrons. The molecule has 2 heterocycles. The van der Waals surface area contributed by atoms with E-state index in [1.54, 1.807) is 49.5 Å². The van der Waals surface area contributed by atoms with E-state index >= 15 is 0 Å². The smallest absolute Gasteiger partial charge is 0.329 e. The Labute approximate surface area is 224 Å². The van der Waals surface area contributed by atoms with Gasteiger partial charge in [-0.3, -0.25) is 10.2 Å². The maximum atomic E-state index is 13.4. The molecule has 4 rings (SSSR count). The van der Waals surface area contributed by atoms with Gasteiger partial charge < -0.3 is 24.3 Å². The van der Waals surface area contributed by atoms with E-state index in [0.717, 1.165) is 4.31 Å². The van der Waals surface area contributed by atoms with Crippen LogP contribution in [0.4, 0.5) is 0 Å². The van der Waals surface area contributed by atoms with E-state index in [0.29, 0.717) is 33.3 Å². The molecule has 2 aromatic carbocycles. The number of hydrogen-bond acceptors (Lipinski definition) is 7. The molecule has 1 aromatic heterocycles. The Kier molecular flexibility index (Phi) is 7.86. The lowest BCUT2D eigenvalue weighted by Gasteiger charge is -2.38. The first kappa shape index (κ1) is 27.3. The highest BCUT2D eigenvalue weighted by Gasteiger charge is 2.42. The van der Waals surface area contributed by atoms with E-state index in [9.17, 15) is 22.8 Å². The van der Waals surface area contributed by atoms with Crippen LogP contribution in [0.15, 0.2) is 53.6 Å². The molecule has 0 spiro atoms. The number of carbonyl (C=O) groups excluding carboxylic acids is 3. The van der Waals surface area contributed by atoms with Crippen molar-refractivity contribution < 1.29 is 27.5 Å². The lowest BCUT2D eigenvalue weighted by molar-refractivity contribution is -0.157. The number of fused-ring (bicyclic) bond motifs is 1. The number of methoxy groups -OCH3 is 1. The highest BCUT2D eigenvalue weighted by molar-refractivity contribution is 7.89. The minimum Gasteiger partial charge on any atom is -0.467 e. The first-order valence-corrected chi connectivity index (χ1v) is 13.3. The molecule has 13 heteroatoms. The van der Waals surface area contributed by atoms with E-state index in [4.69, 9.17) is 21.7 Å². The molecule has 11 nitrogen and oxygen atoms in total. The average molecular weight is 560 g/mol. The van der Waals surface area contributed by atoms with Crippen LogP contribution in [0, 0.1) is 5.41 Å². The Morgan fingerprint density at radius 1 is 1.24 bits per heavy atom. The third-order valence-electron chi connectivity index (χ3n) is 6.34. The second-order valence-electron chi connectivity index (χ2n) is 8.82. The van der Waals surface area contributed by atoms with Crippen molar-refractivity contribution in [2.75, 3.05) is 33.8 Å². The normalized spacial score (nSPS) is 16.4. The van der Waals surface area contributed by atoms with Crippen LogP contribution >= 0.6 is 11.6 Å². The van der Waals surface area contributed by atoms with Gasteiger partial charge in [0.1, 0.15) is 23.2 Å². The number of esters is 1. The molecule has 1 aliphatic rings. The summed E-state index contributed by atoms with van der Waals surface area (Å²) < 4.78 is 32.7. The zero-order chi connectivity index (χ0) is 27.6. The molecule has 2 N–H and O–H groups in total. The first-order chi connectivity index (χ1) is 18.0. The third-order valence-corrected chi connectivity index (χ3v) is 8.31. The number of halogens is 1. The van der Waals surface area contributed by atoms with Gasteiger partial charge >= 0.3 is 5.97 Å². The van der Waals surface area contributed by atoms with Crippen molar-refractivity contribution in [1.82, 2.24) is 19.1 Å². The molecule has 0 saturated carbocycles. The van der Waals surface area contributed by atoms with Gasteiger partial charge in [0.2, 0.25) is 5.91 Å². The fraction of sp³-hybridized carbons (Fsp3) is 0.280. The van der Waals surface area contributed by atoms with Crippen molar-refractivity contribution in [2.45, 2.75) is 17.6 Å². The van der Waals surface area contributed by atoms with Crippen molar-refractivity contribution in [3.05, 3.63) is 64.7 Å². The third kappa shape index (κ3) is 5.42. The molecule has 200 valence electrons. The summed E-state index contributed by atoms with van der Waals surface area (Å²) in [5.74, 6) is -1.14. The number of amides is 1. The van der Waals surface area contributed by atoms with Gasteiger partial charge in [-0.05, 0) is 29.8 Å². The Morgan fingerprint density at radius 2 is 1.95 bits per heavy atom. The minimum absolute atomic E-state index is 0.0369. The number of nitrogens with one attached hydrogen (secondary N) is 2. The molecular formula is C25H26ClN5O6S. The highest BCUT2D eigenvalue weighted by Crippen LogP contribution is 2.27. The summed E-state index contributed by atoms with van der Waals surface area (Å²) in [5.41, 5.74) is 1.81. The van der Waals surface area contributed by atoms with Gasteiger partial charge in [-0.2, -0.15) is 4.31 Å². The Bertz CT molecular complexity index is 1500. The van der Waals surface area contributed by atoms with Gasteiger partial charge in [0.15, 0.2) is 0 Å². The topological polar surface area (TPSA) is 144 Å². The van der Waals surface area contributed by atoms with E-state index in [2.05, 4.69) is 4.98 Å². The minimum atomic E-state index is -4.14. The second-order valence-corrected chi connectivity index (χ2v) is 11.2. The van der Waals surface area contributed by atoms with Crippen molar-refractivity contribution >= 4 is 56.5 Å². The molecule has 3 aromatic rings. The summed E-state index contributed by atoms with van der Waals surface area (Å²) in [6.45, 7) is -0.619. The molecule has 1 saturated heterocycles. The molecule has 1 fully saturated rings. The summed E-state index contributed by atoms with van der Waals surface area (Å²) in [7, 11) is -1.34. The fourth-order valence-electron chi connectivity index (χ4n) is 4.23. The number of amidine groups is 1. The number of aromatic nitrogens is 1. The lowest BCUT2D eigenvalue weighted by Crippen LogP contribution is -2.60. The van der Waals surface area contributed by atoms with Crippen LogP contribution in [0.5, 0.6) is 0 Å². The second kappa shape index (κ2) is 10.9. The van der Waals surface area contributed by atoms with E-state index in [1.165, 1.54) is 23.0 Å². The Balaban J connectivity index is 1.56. The lowest BCUT2D eigenvalue weighted by atomic mass is 10.1. The van der Waals surface area contributed by atoms with Crippen LogP contribution < -0.4 is 0 Å². The van der Waals surface area contributed by atoms with Crippen LogP contribution in [0.3, 0.4) is 0 Å². The number of H-pyrrole nitrogens is 1. The number of sulfonamides is 1. The average Bonchev–Trinajstić information content (AvgIpc) is 3.33. The first-order valence-electron chi connectivity index (χ1n) is 11.5. The van der Waals surface area contributed by atoms with Gasteiger partial charge in [-0.25, -0.2) is 13.2 Å². The van der Waals surface area contributed by atoms with Crippen LogP contribution in [-0.2, 0) is 35.7 Å². The summed E-state index contributed by atoms with van der Waals surface area (Å²) in [6, 6.07) is 12.0. The van der Waals surface area contributed by atoms with E-state index in [-0.39, 0.29) is 30.5 Å². The summed E-state index contributed by atoms with van der Waals surface area (Å²) in [5, 5.41) is 9.11. The quantitative estimate of drug-likeness (QED) is 0.185. The summed E-state index contributed by atoms with van der Waals surface area (Å²) in [4.78, 5) is 42.2. The highest BCUT2D eigenvalue weighted by atomic mass is 35.5. The standard InChI is InChI=1S/C25H26ClN5O6S/c1-29(9-10-32)24(27)17-5-3-16(4-6-17)13-31-21(25(34)37-2)14-30(15-23(31)33)38(35,36)22-12-18-11-19(26)7-8-20(18)28-22/h3-8,10-12,21,27-28H,9,13-15H2,1-2H3/t21-/m1/s1. The van der Waals surface area contributed by atoms with Crippen molar-refractivity contribution in [3.63, 3.8) is 0 Å². The van der Waals surface area contributed by atoms with Crippen molar-refractivity contribution in [3.8, 4) is 0 Å². The van der Waals surface area contributed by atoms with Gasteiger partial charge in [0.05, 0.1) is 20.2 Å². The number of ether oxygens (including phenoxy) is 1. The van der Waals surface area contributed by atoms with Gasteiger partial charge in [-0.1, -0.05) is 35.9 Å². The Morgan fingerprint density at radius 3 is 2.61 bits per heavy atom. The molecule has 1 atom stereocenters. The number of hydrogen-bond donors (Lipinski definition) is 2. The van der Waals surface area contributed by atoms with E-state index < -0.39 is 34.5 Å². The van der Waals surface area contributed by atoms with Crippen LogP contribution in [0.2, 0.25) is 5.02 Å². The summed E-state index contributed by atoms with van der Waals surface area (Å²) >= 11 is 6.01. The molecule has 1 amide bonds. The SMILES string of the molecule is COC(=O)[C@H]1CN(S(=O)(=O)c2cc3cc(Cl)ccc3[nH]2)CC(=O)N1Cc1ccc(C(=N)N(C)CC=O)cc1. The van der Waals surface area contributed by atoms with E-state index in [1.807, 2.05) is 0 Å².